The summed E-state index contributed by atoms with van der Waals surface area (Å²) in [5.74, 6) is 0. The minimum absolute atomic E-state index is 0.332. The fraction of sp³-hybridized carbons (Fsp3) is 0.833. The first-order chi connectivity index (χ1) is 5.64. The third-order valence-electron chi connectivity index (χ3n) is 1.98. The van der Waals surface area contributed by atoms with Gasteiger partial charge in [-0.3, -0.25) is 5.32 Å². The molecule has 0 unspecified atom stereocenters. The number of rotatable bonds is 2. The van der Waals surface area contributed by atoms with Crippen LogP contribution in [0.15, 0.2) is 0 Å². The third-order valence-corrected chi connectivity index (χ3v) is 1.98. The fourth-order valence-electron chi connectivity index (χ4n) is 1.21. The minimum Gasteiger partial charge on any atom is -0.347 e. The van der Waals surface area contributed by atoms with Gasteiger partial charge in [-0.25, -0.2) is 9.69 Å². The largest absolute Gasteiger partial charge is 0.422 e. The van der Waals surface area contributed by atoms with Crippen molar-refractivity contribution in [2.45, 2.75) is 0 Å². The Labute approximate surface area is 70.6 Å². The van der Waals surface area contributed by atoms with Crippen molar-refractivity contribution in [2.24, 2.45) is 0 Å². The number of nitrogens with one attached hydrogen (secondary N) is 1. The van der Waals surface area contributed by atoms with Crippen LogP contribution in [0.25, 0.3) is 0 Å². The van der Waals surface area contributed by atoms with Crippen LogP contribution in [0.1, 0.15) is 0 Å². The van der Waals surface area contributed by atoms with E-state index >= 15 is 0 Å². The SMILES string of the molecule is CN1CNC(=O)[N+](CO)(CO)C1. The zero-order chi connectivity index (χ0) is 9.19. The normalized spacial score (nSPS) is 23.8. The topological polar surface area (TPSA) is 72.8 Å². The van der Waals surface area contributed by atoms with Gasteiger partial charge >= 0.3 is 6.03 Å². The Morgan fingerprint density at radius 2 is 2.17 bits per heavy atom. The summed E-state index contributed by atoms with van der Waals surface area (Å²) in [7, 11) is 1.80. The summed E-state index contributed by atoms with van der Waals surface area (Å²) in [4.78, 5) is 13.1. The van der Waals surface area contributed by atoms with Crippen molar-refractivity contribution in [1.82, 2.24) is 10.2 Å². The Morgan fingerprint density at radius 1 is 1.58 bits per heavy atom. The number of quaternary nitrogens is 1. The molecule has 12 heavy (non-hydrogen) atoms. The lowest BCUT2D eigenvalue weighted by molar-refractivity contribution is -0.901. The van der Waals surface area contributed by atoms with Gasteiger partial charge in [0.1, 0.15) is 6.67 Å². The van der Waals surface area contributed by atoms with Crippen LogP contribution in [0, 0.1) is 0 Å². The predicted molar refractivity (Wildman–Crippen MR) is 40.5 cm³/mol. The molecule has 2 amide bonds. The van der Waals surface area contributed by atoms with Crippen LogP contribution in [0.2, 0.25) is 0 Å². The molecule has 1 heterocycles. The maximum Gasteiger partial charge on any atom is 0.422 e. The number of hydrogen-bond acceptors (Lipinski definition) is 4. The molecule has 1 fully saturated rings. The summed E-state index contributed by atoms with van der Waals surface area (Å²) < 4.78 is -0.351. The Morgan fingerprint density at radius 3 is 2.58 bits per heavy atom. The van der Waals surface area contributed by atoms with Gasteiger partial charge in [0.2, 0.25) is 0 Å². The molecule has 6 heteroatoms. The summed E-state index contributed by atoms with van der Waals surface area (Å²) in [5.41, 5.74) is 0. The van der Waals surface area contributed by atoms with Gasteiger partial charge in [0.25, 0.3) is 0 Å². The predicted octanol–water partition coefficient (Wildman–Crippen LogP) is -1.73. The van der Waals surface area contributed by atoms with E-state index in [1.807, 2.05) is 4.90 Å². The van der Waals surface area contributed by atoms with E-state index < -0.39 is 0 Å². The van der Waals surface area contributed by atoms with Gasteiger partial charge in [0, 0.05) is 0 Å². The molecule has 0 spiro atoms. The molecule has 0 atom stereocenters. The average Bonchev–Trinajstić information content (AvgIpc) is 2.09. The highest BCUT2D eigenvalue weighted by Gasteiger charge is 2.40. The second kappa shape index (κ2) is 3.36. The van der Waals surface area contributed by atoms with Crippen molar-refractivity contribution in [2.75, 3.05) is 33.8 Å². The summed E-state index contributed by atoms with van der Waals surface area (Å²) >= 11 is 0. The highest BCUT2D eigenvalue weighted by molar-refractivity contribution is 5.67. The Bertz CT molecular complexity index is 181. The first kappa shape index (κ1) is 9.40. The Hall–Kier alpha value is -0.690. The number of urea groups is 1. The monoisotopic (exact) mass is 176 g/mol. The van der Waals surface area contributed by atoms with Crippen molar-refractivity contribution >= 4 is 6.03 Å². The van der Waals surface area contributed by atoms with Crippen molar-refractivity contribution in [1.29, 1.82) is 0 Å². The standard InChI is InChI=1S/C6H13N3O3/c1-8-2-7-6(12)9(3-8,4-10)5-11/h10-11H,2-5H2,1H3/p+1. The average molecular weight is 176 g/mol. The van der Waals surface area contributed by atoms with E-state index in [-0.39, 0.29) is 24.0 Å². The number of hydrogen-bond donors (Lipinski definition) is 3. The van der Waals surface area contributed by atoms with Crippen LogP contribution in [0.4, 0.5) is 4.79 Å². The molecule has 0 aromatic rings. The van der Waals surface area contributed by atoms with Crippen LogP contribution in [0.3, 0.4) is 0 Å². The second-order valence-electron chi connectivity index (χ2n) is 3.07. The molecule has 0 saturated carbocycles. The van der Waals surface area contributed by atoms with Gasteiger partial charge in [-0.1, -0.05) is 0 Å². The number of carbonyl (C=O) groups is 1. The summed E-state index contributed by atoms with van der Waals surface area (Å²) in [6.07, 6.45) is 0. The molecule has 0 bridgehead atoms. The van der Waals surface area contributed by atoms with Crippen molar-refractivity contribution in [3.63, 3.8) is 0 Å². The Kier molecular flexibility index (Phi) is 2.63. The molecule has 0 radical (unpaired) electrons. The molecule has 70 valence electrons. The lowest BCUT2D eigenvalue weighted by Crippen LogP contribution is -2.67. The van der Waals surface area contributed by atoms with Crippen molar-refractivity contribution in [3.8, 4) is 0 Å². The second-order valence-corrected chi connectivity index (χ2v) is 3.07. The highest BCUT2D eigenvalue weighted by Crippen LogP contribution is 2.09. The van der Waals surface area contributed by atoms with Gasteiger partial charge in [0.05, 0.1) is 6.67 Å². The zero-order valence-corrected chi connectivity index (χ0v) is 7.03. The molecule has 0 aliphatic carbocycles. The molecular formula is C6H14N3O3+. The Balaban J connectivity index is 2.75. The van der Waals surface area contributed by atoms with Crippen LogP contribution in [-0.2, 0) is 0 Å². The van der Waals surface area contributed by atoms with E-state index in [4.69, 9.17) is 10.2 Å². The highest BCUT2D eigenvalue weighted by atomic mass is 16.3. The minimum atomic E-state index is -0.382. The third kappa shape index (κ3) is 1.42. The molecule has 1 rings (SSSR count). The zero-order valence-electron chi connectivity index (χ0n) is 7.03. The van der Waals surface area contributed by atoms with Gasteiger partial charge < -0.3 is 10.2 Å². The van der Waals surface area contributed by atoms with Gasteiger partial charge in [-0.05, 0) is 7.05 Å². The first-order valence-corrected chi connectivity index (χ1v) is 3.69. The lowest BCUT2D eigenvalue weighted by Gasteiger charge is -2.38. The van der Waals surface area contributed by atoms with E-state index in [1.165, 1.54) is 0 Å². The number of aliphatic hydroxyl groups is 2. The van der Waals surface area contributed by atoms with Crippen molar-refractivity contribution in [3.05, 3.63) is 0 Å². The maximum absolute atomic E-state index is 11.2. The van der Waals surface area contributed by atoms with E-state index in [1.54, 1.807) is 7.05 Å². The molecular weight excluding hydrogens is 162 g/mol. The number of amides is 2. The molecule has 1 aliphatic heterocycles. The fourth-order valence-corrected chi connectivity index (χ4v) is 1.21. The van der Waals surface area contributed by atoms with E-state index in [0.717, 1.165) is 0 Å². The number of carbonyl (C=O) groups excluding carboxylic acids is 1. The van der Waals surface area contributed by atoms with E-state index in [0.29, 0.717) is 13.3 Å². The van der Waals surface area contributed by atoms with E-state index in [2.05, 4.69) is 5.32 Å². The molecule has 0 aromatic carbocycles. The van der Waals surface area contributed by atoms with Crippen LogP contribution < -0.4 is 5.32 Å². The first-order valence-electron chi connectivity index (χ1n) is 3.69. The maximum atomic E-state index is 11.2. The molecule has 1 aliphatic rings. The van der Waals surface area contributed by atoms with Gasteiger partial charge in [-0.2, -0.15) is 4.48 Å². The number of aliphatic hydroxyl groups excluding tert-OH is 2. The quantitative estimate of drug-likeness (QED) is 0.437. The van der Waals surface area contributed by atoms with Gasteiger partial charge in [-0.15, -0.1) is 0 Å². The van der Waals surface area contributed by atoms with E-state index in [9.17, 15) is 4.79 Å². The molecule has 0 aromatic heterocycles. The summed E-state index contributed by atoms with van der Waals surface area (Å²) in [6.45, 7) is 0.0248. The smallest absolute Gasteiger partial charge is 0.347 e. The van der Waals surface area contributed by atoms with Crippen LogP contribution >= 0.6 is 0 Å². The molecule has 3 N–H and O–H groups in total. The summed E-state index contributed by atoms with van der Waals surface area (Å²) in [5, 5.41) is 20.5. The van der Waals surface area contributed by atoms with Crippen LogP contribution in [0.5, 0.6) is 0 Å². The lowest BCUT2D eigenvalue weighted by atomic mass is 10.5. The van der Waals surface area contributed by atoms with Gasteiger partial charge in [0.15, 0.2) is 13.5 Å². The van der Waals surface area contributed by atoms with Crippen LogP contribution in [-0.4, -0.2) is 59.5 Å². The summed E-state index contributed by atoms with van der Waals surface area (Å²) in [6, 6.07) is -0.335. The number of nitrogens with zero attached hydrogens (tertiary/aromatic N) is 2. The molecule has 6 nitrogen and oxygen atoms in total. The molecule has 1 saturated heterocycles. The van der Waals surface area contributed by atoms with Crippen molar-refractivity contribution < 1.29 is 19.5 Å².